The van der Waals surface area contributed by atoms with Crippen molar-refractivity contribution in [2.75, 3.05) is 0 Å². The molecule has 104 valence electrons. The van der Waals surface area contributed by atoms with Crippen LogP contribution in [-0.2, 0) is 7.05 Å². The molecule has 0 saturated heterocycles. The molecule has 2 aromatic heterocycles. The molecule has 1 unspecified atom stereocenters. The van der Waals surface area contributed by atoms with Crippen LogP contribution >= 0.6 is 0 Å². The van der Waals surface area contributed by atoms with Gasteiger partial charge >= 0.3 is 0 Å². The van der Waals surface area contributed by atoms with Crippen molar-refractivity contribution in [1.82, 2.24) is 9.78 Å². The number of rotatable bonds is 2. The molecule has 0 radical (unpaired) electrons. The summed E-state index contributed by atoms with van der Waals surface area (Å²) in [6.07, 6.45) is -0.949. The lowest BCUT2D eigenvalue weighted by molar-refractivity contribution is 0.190. The predicted octanol–water partition coefficient (Wildman–Crippen LogP) is 3.00. The second-order valence-electron chi connectivity index (χ2n) is 4.92. The number of aromatic nitrogens is 2. The van der Waals surface area contributed by atoms with E-state index in [1.807, 2.05) is 20.9 Å². The molecule has 2 heterocycles. The van der Waals surface area contributed by atoms with Gasteiger partial charge in [-0.15, -0.1) is 0 Å². The summed E-state index contributed by atoms with van der Waals surface area (Å²) in [4.78, 5) is 0. The first-order valence-corrected chi connectivity index (χ1v) is 6.35. The minimum absolute atomic E-state index is 0.167. The summed E-state index contributed by atoms with van der Waals surface area (Å²) in [5.41, 5.74) is 2.46. The molecule has 0 saturated carbocycles. The molecule has 4 nitrogen and oxygen atoms in total. The topological polar surface area (TPSA) is 51.2 Å². The Morgan fingerprint density at radius 2 is 2.10 bits per heavy atom. The highest BCUT2D eigenvalue weighted by Crippen LogP contribution is 2.32. The average molecular weight is 274 g/mol. The van der Waals surface area contributed by atoms with E-state index >= 15 is 0 Å². The number of para-hydroxylation sites is 1. The maximum absolute atomic E-state index is 13.6. The van der Waals surface area contributed by atoms with Crippen molar-refractivity contribution in [1.29, 1.82) is 0 Å². The third kappa shape index (κ3) is 1.82. The second-order valence-corrected chi connectivity index (χ2v) is 4.92. The first-order chi connectivity index (χ1) is 9.49. The molecule has 0 aliphatic rings. The molecule has 3 rings (SSSR count). The molecule has 1 aromatic carbocycles. The number of aryl methyl sites for hydroxylation is 2. The van der Waals surface area contributed by atoms with Crippen LogP contribution in [-0.4, -0.2) is 14.9 Å². The lowest BCUT2D eigenvalue weighted by Crippen LogP contribution is -2.02. The standard InChI is InChI=1S/C15H15FN2O2/c1-8-13(9(2)18(3)17-8)14(19)12-7-10-5-4-6-11(16)15(10)20-12/h4-7,14,19H,1-3H3. The molecule has 0 aliphatic carbocycles. The van der Waals surface area contributed by atoms with Crippen molar-refractivity contribution in [2.45, 2.75) is 20.0 Å². The Balaban J connectivity index is 2.13. The smallest absolute Gasteiger partial charge is 0.170 e. The third-order valence-corrected chi connectivity index (χ3v) is 3.62. The van der Waals surface area contributed by atoms with Crippen LogP contribution in [0.4, 0.5) is 4.39 Å². The lowest BCUT2D eigenvalue weighted by atomic mass is 10.1. The Labute approximate surface area is 115 Å². The van der Waals surface area contributed by atoms with E-state index in [4.69, 9.17) is 4.42 Å². The summed E-state index contributed by atoms with van der Waals surface area (Å²) >= 11 is 0. The molecule has 1 N–H and O–H groups in total. The largest absolute Gasteiger partial charge is 0.455 e. The number of nitrogens with zero attached hydrogens (tertiary/aromatic N) is 2. The highest BCUT2D eigenvalue weighted by molar-refractivity contribution is 5.78. The van der Waals surface area contributed by atoms with E-state index in [-0.39, 0.29) is 5.58 Å². The maximum Gasteiger partial charge on any atom is 0.170 e. The number of aliphatic hydroxyl groups is 1. The molecule has 3 aromatic rings. The van der Waals surface area contributed by atoms with Crippen molar-refractivity contribution < 1.29 is 13.9 Å². The highest BCUT2D eigenvalue weighted by Gasteiger charge is 2.23. The minimum Gasteiger partial charge on any atom is -0.455 e. The minimum atomic E-state index is -0.949. The van der Waals surface area contributed by atoms with E-state index in [0.29, 0.717) is 16.7 Å². The fourth-order valence-corrected chi connectivity index (χ4v) is 2.51. The molecule has 20 heavy (non-hydrogen) atoms. The average Bonchev–Trinajstić information content (AvgIpc) is 2.93. The zero-order chi connectivity index (χ0) is 14.4. The van der Waals surface area contributed by atoms with Gasteiger partial charge < -0.3 is 9.52 Å². The van der Waals surface area contributed by atoms with Crippen LogP contribution in [0.1, 0.15) is 28.8 Å². The number of fused-ring (bicyclic) bond motifs is 1. The van der Waals surface area contributed by atoms with E-state index in [1.54, 1.807) is 22.9 Å². The molecule has 1 atom stereocenters. The maximum atomic E-state index is 13.6. The number of benzene rings is 1. The Hall–Kier alpha value is -2.14. The Morgan fingerprint density at radius 3 is 2.70 bits per heavy atom. The summed E-state index contributed by atoms with van der Waals surface area (Å²) in [7, 11) is 1.82. The first kappa shape index (κ1) is 12.9. The van der Waals surface area contributed by atoms with Crippen molar-refractivity contribution in [3.05, 3.63) is 52.8 Å². The van der Waals surface area contributed by atoms with Crippen molar-refractivity contribution in [3.63, 3.8) is 0 Å². The van der Waals surface area contributed by atoms with Crippen LogP contribution in [0, 0.1) is 19.7 Å². The molecule has 5 heteroatoms. The quantitative estimate of drug-likeness (QED) is 0.781. The third-order valence-electron chi connectivity index (χ3n) is 3.62. The Bertz CT molecular complexity index is 789. The Morgan fingerprint density at radius 1 is 1.35 bits per heavy atom. The van der Waals surface area contributed by atoms with Gasteiger partial charge in [0.1, 0.15) is 11.9 Å². The molecule has 0 amide bonds. The van der Waals surface area contributed by atoms with Gasteiger partial charge in [-0.05, 0) is 26.0 Å². The van der Waals surface area contributed by atoms with Gasteiger partial charge in [-0.25, -0.2) is 4.39 Å². The lowest BCUT2D eigenvalue weighted by Gasteiger charge is -2.08. The SMILES string of the molecule is Cc1nn(C)c(C)c1C(O)c1cc2cccc(F)c2o1. The number of aliphatic hydroxyl groups excluding tert-OH is 1. The summed E-state index contributed by atoms with van der Waals surface area (Å²) in [5, 5.41) is 15.4. The molecule has 0 fully saturated rings. The van der Waals surface area contributed by atoms with Crippen molar-refractivity contribution in [2.24, 2.45) is 7.05 Å². The summed E-state index contributed by atoms with van der Waals surface area (Å²) < 4.78 is 20.8. The van der Waals surface area contributed by atoms with Gasteiger partial charge in [0.25, 0.3) is 0 Å². The van der Waals surface area contributed by atoms with Crippen LogP contribution in [0.5, 0.6) is 0 Å². The van der Waals surface area contributed by atoms with E-state index in [9.17, 15) is 9.50 Å². The van der Waals surface area contributed by atoms with E-state index in [2.05, 4.69) is 5.10 Å². The normalized spacial score (nSPS) is 13.1. The Kier molecular flexibility index (Phi) is 2.87. The predicted molar refractivity (Wildman–Crippen MR) is 72.9 cm³/mol. The second kappa shape index (κ2) is 4.45. The van der Waals surface area contributed by atoms with Crippen molar-refractivity contribution >= 4 is 11.0 Å². The number of hydrogen-bond acceptors (Lipinski definition) is 3. The van der Waals surface area contributed by atoms with Crippen LogP contribution in [0.15, 0.2) is 28.7 Å². The van der Waals surface area contributed by atoms with Gasteiger partial charge in [-0.1, -0.05) is 12.1 Å². The molecular formula is C15H15FN2O2. The van der Waals surface area contributed by atoms with Gasteiger partial charge in [0, 0.05) is 23.7 Å². The van der Waals surface area contributed by atoms with Crippen LogP contribution in [0.25, 0.3) is 11.0 Å². The van der Waals surface area contributed by atoms with E-state index < -0.39 is 11.9 Å². The van der Waals surface area contributed by atoms with Crippen LogP contribution in [0.3, 0.4) is 0 Å². The fraction of sp³-hybridized carbons (Fsp3) is 0.267. The van der Waals surface area contributed by atoms with Gasteiger partial charge in [0.05, 0.1) is 5.69 Å². The van der Waals surface area contributed by atoms with Gasteiger partial charge in [-0.3, -0.25) is 4.68 Å². The van der Waals surface area contributed by atoms with Crippen LogP contribution < -0.4 is 0 Å². The zero-order valence-corrected chi connectivity index (χ0v) is 11.5. The monoisotopic (exact) mass is 274 g/mol. The summed E-state index contributed by atoms with van der Waals surface area (Å²) in [6, 6.07) is 6.36. The molecular weight excluding hydrogens is 259 g/mol. The first-order valence-electron chi connectivity index (χ1n) is 6.35. The van der Waals surface area contributed by atoms with E-state index in [1.165, 1.54) is 6.07 Å². The van der Waals surface area contributed by atoms with E-state index in [0.717, 1.165) is 11.4 Å². The van der Waals surface area contributed by atoms with Crippen molar-refractivity contribution in [3.8, 4) is 0 Å². The summed E-state index contributed by atoms with van der Waals surface area (Å²) in [6.45, 7) is 3.70. The molecule has 0 aliphatic heterocycles. The molecule has 0 spiro atoms. The zero-order valence-electron chi connectivity index (χ0n) is 11.5. The number of hydrogen-bond donors (Lipinski definition) is 1. The summed E-state index contributed by atoms with van der Waals surface area (Å²) in [5.74, 6) is -0.107. The van der Waals surface area contributed by atoms with Gasteiger partial charge in [0.15, 0.2) is 11.4 Å². The highest BCUT2D eigenvalue weighted by atomic mass is 19.1. The number of furan rings is 1. The van der Waals surface area contributed by atoms with Gasteiger partial charge in [-0.2, -0.15) is 5.10 Å². The molecule has 0 bridgehead atoms. The number of halogens is 1. The van der Waals surface area contributed by atoms with Gasteiger partial charge in [0.2, 0.25) is 0 Å². The van der Waals surface area contributed by atoms with Crippen LogP contribution in [0.2, 0.25) is 0 Å². The fourth-order valence-electron chi connectivity index (χ4n) is 2.51.